The van der Waals surface area contributed by atoms with E-state index in [2.05, 4.69) is 20.8 Å². The molecule has 0 aromatic carbocycles. The van der Waals surface area contributed by atoms with Crippen molar-refractivity contribution in [2.45, 2.75) is 52.9 Å². The Morgan fingerprint density at radius 1 is 1.17 bits per heavy atom. The minimum absolute atomic E-state index is 0.719. The Morgan fingerprint density at radius 2 is 1.83 bits per heavy atom. The highest BCUT2D eigenvalue weighted by Gasteiger charge is 2.46. The van der Waals surface area contributed by atoms with E-state index in [4.69, 9.17) is 0 Å². The van der Waals surface area contributed by atoms with Crippen LogP contribution in [-0.2, 0) is 0 Å². The van der Waals surface area contributed by atoms with Crippen molar-refractivity contribution in [1.29, 1.82) is 0 Å². The van der Waals surface area contributed by atoms with Crippen molar-refractivity contribution < 1.29 is 0 Å². The Labute approximate surface area is 76.7 Å². The summed E-state index contributed by atoms with van der Waals surface area (Å²) >= 11 is 0. The molecular formula is C12H22. The first-order valence-electron chi connectivity index (χ1n) is 5.63. The molecule has 0 aliphatic heterocycles. The van der Waals surface area contributed by atoms with Crippen molar-refractivity contribution in [1.82, 2.24) is 0 Å². The topological polar surface area (TPSA) is 0 Å². The predicted molar refractivity (Wildman–Crippen MR) is 53.0 cm³/mol. The summed E-state index contributed by atoms with van der Waals surface area (Å²) in [7, 11) is 0. The van der Waals surface area contributed by atoms with E-state index >= 15 is 0 Å². The van der Waals surface area contributed by atoms with E-state index in [1.807, 2.05) is 0 Å². The fourth-order valence-electron chi connectivity index (χ4n) is 2.65. The van der Waals surface area contributed by atoms with Crippen molar-refractivity contribution in [2.24, 2.45) is 23.2 Å². The number of rotatable bonds is 4. The molecule has 0 saturated heterocycles. The van der Waals surface area contributed by atoms with Gasteiger partial charge < -0.3 is 0 Å². The van der Waals surface area contributed by atoms with E-state index in [-0.39, 0.29) is 0 Å². The van der Waals surface area contributed by atoms with E-state index in [1.54, 1.807) is 6.42 Å². The quantitative estimate of drug-likeness (QED) is 0.595. The monoisotopic (exact) mass is 166 g/mol. The average Bonchev–Trinajstić information content (AvgIpc) is 2.84. The second-order valence-corrected chi connectivity index (χ2v) is 5.63. The lowest BCUT2D eigenvalue weighted by Gasteiger charge is -2.02. The second-order valence-electron chi connectivity index (χ2n) is 5.63. The summed E-state index contributed by atoms with van der Waals surface area (Å²) in [5.41, 5.74) is 0.719. The Kier molecular flexibility index (Phi) is 1.97. The van der Waals surface area contributed by atoms with Gasteiger partial charge in [0.1, 0.15) is 0 Å². The highest BCUT2D eigenvalue weighted by atomic mass is 14.5. The van der Waals surface area contributed by atoms with Gasteiger partial charge in [0.25, 0.3) is 0 Å². The molecule has 0 heteroatoms. The van der Waals surface area contributed by atoms with Crippen LogP contribution < -0.4 is 0 Å². The largest absolute Gasteiger partial charge is 0.0651 e. The molecule has 0 amide bonds. The maximum absolute atomic E-state index is 2.42. The van der Waals surface area contributed by atoms with Crippen LogP contribution >= 0.6 is 0 Å². The zero-order valence-corrected chi connectivity index (χ0v) is 8.77. The van der Waals surface area contributed by atoms with Crippen LogP contribution in [-0.4, -0.2) is 0 Å². The molecule has 2 aliphatic rings. The third-order valence-electron chi connectivity index (χ3n) is 4.20. The SMILES string of the molecule is CCC1CC1CCC1CC1(C)C. The van der Waals surface area contributed by atoms with Crippen molar-refractivity contribution in [2.75, 3.05) is 0 Å². The molecule has 3 unspecified atom stereocenters. The molecule has 2 fully saturated rings. The molecular weight excluding hydrogens is 144 g/mol. The van der Waals surface area contributed by atoms with Gasteiger partial charge >= 0.3 is 0 Å². The Hall–Kier alpha value is 0. The molecule has 0 bridgehead atoms. The van der Waals surface area contributed by atoms with Gasteiger partial charge in [-0.2, -0.15) is 0 Å². The van der Waals surface area contributed by atoms with Crippen LogP contribution in [0.15, 0.2) is 0 Å². The van der Waals surface area contributed by atoms with Crippen LogP contribution in [0.4, 0.5) is 0 Å². The molecule has 2 aliphatic carbocycles. The van der Waals surface area contributed by atoms with Crippen LogP contribution in [0.25, 0.3) is 0 Å². The van der Waals surface area contributed by atoms with Gasteiger partial charge in [0.05, 0.1) is 0 Å². The number of hydrogen-bond donors (Lipinski definition) is 0. The summed E-state index contributed by atoms with van der Waals surface area (Å²) < 4.78 is 0. The molecule has 0 nitrogen and oxygen atoms in total. The predicted octanol–water partition coefficient (Wildman–Crippen LogP) is 3.86. The first kappa shape index (κ1) is 8.59. The summed E-state index contributed by atoms with van der Waals surface area (Å²) in [5, 5.41) is 0. The zero-order chi connectivity index (χ0) is 8.77. The summed E-state index contributed by atoms with van der Waals surface area (Å²) in [6, 6.07) is 0. The van der Waals surface area contributed by atoms with Crippen molar-refractivity contribution in [3.8, 4) is 0 Å². The van der Waals surface area contributed by atoms with Crippen molar-refractivity contribution >= 4 is 0 Å². The standard InChI is InChI=1S/C12H22/c1-4-9-7-10(9)5-6-11-8-12(11,2)3/h9-11H,4-8H2,1-3H3. The van der Waals surface area contributed by atoms with Gasteiger partial charge in [0.15, 0.2) is 0 Å². The van der Waals surface area contributed by atoms with Crippen LogP contribution in [0.1, 0.15) is 52.9 Å². The van der Waals surface area contributed by atoms with Gasteiger partial charge in [-0.05, 0) is 48.9 Å². The highest BCUT2D eigenvalue weighted by molar-refractivity contribution is 4.96. The molecule has 0 radical (unpaired) electrons. The fraction of sp³-hybridized carbons (Fsp3) is 1.00. The minimum atomic E-state index is 0.719. The smallest absolute Gasteiger partial charge is 0.0323 e. The summed E-state index contributed by atoms with van der Waals surface area (Å²) in [4.78, 5) is 0. The van der Waals surface area contributed by atoms with Gasteiger partial charge in [-0.1, -0.05) is 27.2 Å². The molecule has 70 valence electrons. The summed E-state index contributed by atoms with van der Waals surface area (Å²) in [5.74, 6) is 3.33. The highest BCUT2D eigenvalue weighted by Crippen LogP contribution is 2.56. The van der Waals surface area contributed by atoms with Crippen LogP contribution in [0.3, 0.4) is 0 Å². The van der Waals surface area contributed by atoms with E-state index in [0.29, 0.717) is 0 Å². The lowest BCUT2D eigenvalue weighted by Crippen LogP contribution is -1.91. The van der Waals surface area contributed by atoms with E-state index in [9.17, 15) is 0 Å². The Balaban J connectivity index is 1.60. The minimum Gasteiger partial charge on any atom is -0.0651 e. The third-order valence-corrected chi connectivity index (χ3v) is 4.20. The zero-order valence-electron chi connectivity index (χ0n) is 8.77. The lowest BCUT2D eigenvalue weighted by atomic mass is 10.0. The molecule has 2 saturated carbocycles. The number of hydrogen-bond acceptors (Lipinski definition) is 0. The van der Waals surface area contributed by atoms with Crippen LogP contribution in [0.5, 0.6) is 0 Å². The molecule has 0 N–H and O–H groups in total. The molecule has 0 aromatic rings. The molecule has 12 heavy (non-hydrogen) atoms. The average molecular weight is 166 g/mol. The molecule has 2 rings (SSSR count). The third kappa shape index (κ3) is 1.67. The summed E-state index contributed by atoms with van der Waals surface area (Å²) in [6.07, 6.45) is 7.53. The van der Waals surface area contributed by atoms with Crippen LogP contribution in [0, 0.1) is 23.2 Å². The Bertz CT molecular complexity index is 169. The fourth-order valence-corrected chi connectivity index (χ4v) is 2.65. The first-order chi connectivity index (χ1) is 5.63. The van der Waals surface area contributed by atoms with Crippen molar-refractivity contribution in [3.05, 3.63) is 0 Å². The molecule has 0 heterocycles. The van der Waals surface area contributed by atoms with Gasteiger partial charge in [-0.25, -0.2) is 0 Å². The van der Waals surface area contributed by atoms with Gasteiger partial charge in [-0.3, -0.25) is 0 Å². The van der Waals surface area contributed by atoms with Gasteiger partial charge in [0.2, 0.25) is 0 Å². The normalized spacial score (nSPS) is 42.8. The lowest BCUT2D eigenvalue weighted by molar-refractivity contribution is 0.490. The summed E-state index contributed by atoms with van der Waals surface area (Å²) in [6.45, 7) is 7.18. The first-order valence-corrected chi connectivity index (χ1v) is 5.63. The molecule has 0 spiro atoms. The van der Waals surface area contributed by atoms with Crippen LogP contribution in [0.2, 0.25) is 0 Å². The van der Waals surface area contributed by atoms with Crippen molar-refractivity contribution in [3.63, 3.8) is 0 Å². The second kappa shape index (κ2) is 2.75. The van der Waals surface area contributed by atoms with E-state index < -0.39 is 0 Å². The van der Waals surface area contributed by atoms with Gasteiger partial charge in [-0.15, -0.1) is 0 Å². The maximum atomic E-state index is 2.42. The maximum Gasteiger partial charge on any atom is -0.0323 e. The molecule has 3 atom stereocenters. The van der Waals surface area contributed by atoms with E-state index in [0.717, 1.165) is 23.2 Å². The van der Waals surface area contributed by atoms with E-state index in [1.165, 1.54) is 25.7 Å². The molecule has 0 aromatic heterocycles. The Morgan fingerprint density at radius 3 is 2.25 bits per heavy atom. The van der Waals surface area contributed by atoms with Gasteiger partial charge in [0, 0.05) is 0 Å².